The van der Waals surface area contributed by atoms with Crippen molar-refractivity contribution in [1.82, 2.24) is 0 Å². The molecule has 0 fully saturated rings. The first-order valence-electron chi connectivity index (χ1n) is 1.01. The lowest BCUT2D eigenvalue weighted by atomic mass is 11.3. The second-order valence-corrected chi connectivity index (χ2v) is 0.338. The molecule has 3 N–H and O–H groups in total. The summed E-state index contributed by atoms with van der Waals surface area (Å²) in [6.45, 7) is 2.00. The average Bonchev–Trinajstić information content (AvgIpc) is 1.41. The third-order valence-electron chi connectivity index (χ3n) is 0. The van der Waals surface area contributed by atoms with Gasteiger partial charge in [-0.05, 0) is 0 Å². The van der Waals surface area contributed by atoms with Gasteiger partial charge in [-0.2, -0.15) is 0 Å². The van der Waals surface area contributed by atoms with Crippen LogP contribution < -0.4 is 5.73 Å². The van der Waals surface area contributed by atoms with E-state index in [1.54, 1.807) is 0 Å². The highest BCUT2D eigenvalue weighted by Crippen LogP contribution is 1.34. The van der Waals surface area contributed by atoms with E-state index in [4.69, 9.17) is 14.7 Å². The molecular formula is C2H5NO3. The topological polar surface area (TPSA) is 80.4 Å². The van der Waals surface area contributed by atoms with Gasteiger partial charge in [0.2, 0.25) is 0 Å². The fourth-order valence-electron chi connectivity index (χ4n) is 0. The van der Waals surface area contributed by atoms with Crippen LogP contribution in [0.4, 0.5) is 4.79 Å². The number of carbonyl (C=O) groups is 2. The SMILES string of the molecule is C=O.NC(=O)O. The smallest absolute Gasteiger partial charge is 0.402 e. The minimum Gasteiger partial charge on any atom is -0.465 e. The van der Waals surface area contributed by atoms with E-state index in [-0.39, 0.29) is 0 Å². The van der Waals surface area contributed by atoms with Gasteiger partial charge in [-0.1, -0.05) is 0 Å². The van der Waals surface area contributed by atoms with E-state index in [1.807, 2.05) is 6.79 Å². The van der Waals surface area contributed by atoms with E-state index in [2.05, 4.69) is 5.73 Å². The van der Waals surface area contributed by atoms with Crippen molar-refractivity contribution in [3.05, 3.63) is 0 Å². The predicted molar refractivity (Wildman–Crippen MR) is 19.3 cm³/mol. The van der Waals surface area contributed by atoms with Crippen LogP contribution in [0.5, 0.6) is 0 Å². The van der Waals surface area contributed by atoms with Gasteiger partial charge in [-0.15, -0.1) is 0 Å². The summed E-state index contributed by atoms with van der Waals surface area (Å²) < 4.78 is 0. The lowest BCUT2D eigenvalue weighted by Gasteiger charge is -1.61. The summed E-state index contributed by atoms with van der Waals surface area (Å²) in [5.74, 6) is 0. The monoisotopic (exact) mass is 91.0 g/mol. The van der Waals surface area contributed by atoms with Crippen molar-refractivity contribution in [1.29, 1.82) is 0 Å². The Bertz CT molecular complexity index is 40.1. The molecule has 0 aliphatic rings. The maximum absolute atomic E-state index is 8.78. The van der Waals surface area contributed by atoms with Gasteiger partial charge in [0.25, 0.3) is 0 Å². The molecule has 0 saturated heterocycles. The molecule has 0 aromatic rings. The molecule has 0 aromatic heterocycles. The van der Waals surface area contributed by atoms with E-state index in [9.17, 15) is 0 Å². The van der Waals surface area contributed by atoms with Crippen LogP contribution in [-0.4, -0.2) is 18.0 Å². The highest BCUT2D eigenvalue weighted by atomic mass is 16.4. The molecule has 0 bridgehead atoms. The standard InChI is InChI=1S/CH3NO2.CH2O/c2-1(3)4;1-2/h2H2,(H,3,4);1H2. The van der Waals surface area contributed by atoms with Crippen LogP contribution in [0.3, 0.4) is 0 Å². The van der Waals surface area contributed by atoms with Gasteiger partial charge < -0.3 is 15.6 Å². The van der Waals surface area contributed by atoms with E-state index < -0.39 is 6.09 Å². The van der Waals surface area contributed by atoms with Crippen LogP contribution in [0, 0.1) is 0 Å². The third kappa shape index (κ3) is 9.85. The van der Waals surface area contributed by atoms with Crippen molar-refractivity contribution < 1.29 is 14.7 Å². The molecule has 0 spiro atoms. The molecule has 0 atom stereocenters. The van der Waals surface area contributed by atoms with Crippen molar-refractivity contribution in [3.63, 3.8) is 0 Å². The molecule has 0 rings (SSSR count). The average molecular weight is 91.1 g/mol. The normalized spacial score (nSPS) is 4.67. The summed E-state index contributed by atoms with van der Waals surface area (Å²) >= 11 is 0. The van der Waals surface area contributed by atoms with Gasteiger partial charge in [0.05, 0.1) is 0 Å². The van der Waals surface area contributed by atoms with E-state index in [0.29, 0.717) is 0 Å². The van der Waals surface area contributed by atoms with Crippen molar-refractivity contribution in [3.8, 4) is 0 Å². The van der Waals surface area contributed by atoms with E-state index in [1.165, 1.54) is 0 Å². The Labute approximate surface area is 34.6 Å². The number of carboxylic acid groups (broad SMARTS) is 1. The lowest BCUT2D eigenvalue weighted by molar-refractivity contribution is -0.0979. The van der Waals surface area contributed by atoms with Crippen molar-refractivity contribution >= 4 is 12.9 Å². The molecule has 0 radical (unpaired) electrons. The molecule has 0 heterocycles. The zero-order chi connectivity index (χ0) is 5.58. The fourth-order valence-corrected chi connectivity index (χ4v) is 0. The molecule has 6 heavy (non-hydrogen) atoms. The Morgan fingerprint density at radius 2 is 1.67 bits per heavy atom. The first-order valence-corrected chi connectivity index (χ1v) is 1.01. The summed E-state index contributed by atoms with van der Waals surface area (Å²) in [5.41, 5.74) is 4.03. The second kappa shape index (κ2) is 9.05. The molecular weight excluding hydrogens is 86.0 g/mol. The zero-order valence-electron chi connectivity index (χ0n) is 3.05. The van der Waals surface area contributed by atoms with Gasteiger partial charge in [-0.25, -0.2) is 4.79 Å². The maximum atomic E-state index is 8.78. The number of carbonyl (C=O) groups excluding carboxylic acids is 1. The molecule has 0 aliphatic carbocycles. The zero-order valence-corrected chi connectivity index (χ0v) is 3.05. The number of rotatable bonds is 0. The minimum atomic E-state index is -1.33. The quantitative estimate of drug-likeness (QED) is 0.419. The molecule has 0 aliphatic heterocycles. The van der Waals surface area contributed by atoms with Crippen molar-refractivity contribution in [2.75, 3.05) is 0 Å². The van der Waals surface area contributed by atoms with Gasteiger partial charge in [0.15, 0.2) is 0 Å². The lowest BCUT2D eigenvalue weighted by Crippen LogP contribution is -2.03. The van der Waals surface area contributed by atoms with Gasteiger partial charge >= 0.3 is 6.09 Å². The van der Waals surface area contributed by atoms with Gasteiger partial charge in [-0.3, -0.25) is 0 Å². The largest absolute Gasteiger partial charge is 0.465 e. The number of primary amides is 1. The second-order valence-electron chi connectivity index (χ2n) is 0.338. The van der Waals surface area contributed by atoms with Crippen LogP contribution in [-0.2, 0) is 4.79 Å². The number of hydrogen-bond acceptors (Lipinski definition) is 2. The van der Waals surface area contributed by atoms with Crippen LogP contribution >= 0.6 is 0 Å². The summed E-state index contributed by atoms with van der Waals surface area (Å²) in [4.78, 5) is 16.8. The molecule has 1 amide bonds. The van der Waals surface area contributed by atoms with Crippen LogP contribution in [0.15, 0.2) is 0 Å². The molecule has 0 unspecified atom stereocenters. The Balaban J connectivity index is 0. The van der Waals surface area contributed by atoms with Crippen LogP contribution in [0.1, 0.15) is 0 Å². The summed E-state index contributed by atoms with van der Waals surface area (Å²) in [6.07, 6.45) is -1.33. The minimum absolute atomic E-state index is 1.33. The summed E-state index contributed by atoms with van der Waals surface area (Å²) in [6, 6.07) is 0. The Morgan fingerprint density at radius 3 is 1.67 bits per heavy atom. The van der Waals surface area contributed by atoms with Crippen molar-refractivity contribution in [2.24, 2.45) is 5.73 Å². The molecule has 4 heteroatoms. The first-order chi connectivity index (χ1) is 2.73. The van der Waals surface area contributed by atoms with Gasteiger partial charge in [0, 0.05) is 0 Å². The highest BCUT2D eigenvalue weighted by molar-refractivity contribution is 5.61. The Kier molecular flexibility index (Phi) is 13.4. The number of hydrogen-bond donors (Lipinski definition) is 2. The van der Waals surface area contributed by atoms with E-state index >= 15 is 0 Å². The Hall–Kier alpha value is -1.06. The summed E-state index contributed by atoms with van der Waals surface area (Å²) in [5, 5.41) is 7.19. The third-order valence-corrected chi connectivity index (χ3v) is 0. The maximum Gasteiger partial charge on any atom is 0.402 e. The van der Waals surface area contributed by atoms with Crippen LogP contribution in [0.2, 0.25) is 0 Å². The van der Waals surface area contributed by atoms with Crippen LogP contribution in [0.25, 0.3) is 0 Å². The first kappa shape index (κ1) is 8.87. The highest BCUT2D eigenvalue weighted by Gasteiger charge is 1.65. The molecule has 4 nitrogen and oxygen atoms in total. The Morgan fingerprint density at radius 1 is 1.67 bits per heavy atom. The van der Waals surface area contributed by atoms with Crippen molar-refractivity contribution in [2.45, 2.75) is 0 Å². The van der Waals surface area contributed by atoms with E-state index in [0.717, 1.165) is 0 Å². The molecule has 0 saturated carbocycles. The predicted octanol–water partition coefficient (Wildman–Crippen LogP) is -0.562. The summed E-state index contributed by atoms with van der Waals surface area (Å²) in [7, 11) is 0. The molecule has 0 aromatic carbocycles. The van der Waals surface area contributed by atoms with Gasteiger partial charge in [0.1, 0.15) is 6.79 Å². The number of amides is 1. The molecule has 36 valence electrons. The number of nitrogens with two attached hydrogens (primary N) is 1. The fraction of sp³-hybridized carbons (Fsp3) is 0.